The summed E-state index contributed by atoms with van der Waals surface area (Å²) in [7, 11) is -2.57. The summed E-state index contributed by atoms with van der Waals surface area (Å²) in [5.41, 5.74) is 3.36. The molecule has 1 aromatic carbocycles. The number of alkyl halides is 2. The maximum atomic E-state index is 14.7. The fraction of sp³-hybridized carbons (Fsp3) is 0.448. The first-order chi connectivity index (χ1) is 20.0. The zero-order valence-electron chi connectivity index (χ0n) is 24.4. The highest BCUT2D eigenvalue weighted by molar-refractivity contribution is 7.92. The number of halogens is 2. The predicted molar refractivity (Wildman–Crippen MR) is 154 cm³/mol. The number of benzene rings is 1. The molecule has 4 aromatic rings. The largest absolute Gasteiger partial charge is 0.380 e. The van der Waals surface area contributed by atoms with Crippen molar-refractivity contribution in [1.82, 2.24) is 24.9 Å². The molecule has 1 N–H and O–H groups in total. The van der Waals surface area contributed by atoms with Crippen LogP contribution in [0.25, 0.3) is 11.3 Å². The summed E-state index contributed by atoms with van der Waals surface area (Å²) < 4.78 is 70.8. The van der Waals surface area contributed by atoms with Crippen LogP contribution in [-0.2, 0) is 40.3 Å². The van der Waals surface area contributed by atoms with Crippen molar-refractivity contribution < 1.29 is 26.5 Å². The molecule has 226 valence electrons. The molecule has 0 atom stereocenters. The molecule has 0 bridgehead atoms. The van der Waals surface area contributed by atoms with Crippen LogP contribution in [0.3, 0.4) is 0 Å². The van der Waals surface area contributed by atoms with Gasteiger partial charge in [0.1, 0.15) is 10.7 Å². The number of hydrogen-bond acceptors (Lipinski definition) is 8. The van der Waals surface area contributed by atoms with Crippen molar-refractivity contribution >= 4 is 15.9 Å². The number of unbranched alkanes of at least 4 members (excludes halogenated alkanes) is 1. The number of sulfonamides is 1. The Balaban J connectivity index is 1.71. The van der Waals surface area contributed by atoms with Gasteiger partial charge < -0.3 is 9.26 Å². The molecular formula is C29H36F2N6O4S. The van der Waals surface area contributed by atoms with E-state index >= 15 is 0 Å². The average molecular weight is 603 g/mol. The van der Waals surface area contributed by atoms with Gasteiger partial charge in [0.2, 0.25) is 11.7 Å². The fourth-order valence-electron chi connectivity index (χ4n) is 4.52. The molecule has 0 saturated heterocycles. The number of pyridine rings is 1. The standard InChI is InChI=1S/C29H36F2N6O4S/c1-6-8-11-25-33-28(29(30,31)14-7-2)34-37(25)17-21-12-13-23(22(16-21)18-40-5)26-24(10-9-15-32-26)42(38,39)36-27-19(3)20(4)35-41-27/h9-10,12-13,15-16,36H,6-8,11,14,17-18H2,1-5H3. The van der Waals surface area contributed by atoms with Crippen molar-refractivity contribution in [1.29, 1.82) is 0 Å². The van der Waals surface area contributed by atoms with Gasteiger partial charge in [0.25, 0.3) is 10.0 Å². The number of methoxy groups -OCH3 is 1. The Kier molecular flexibility index (Phi) is 9.72. The number of ether oxygens (including phenoxy) is 1. The Hall–Kier alpha value is -3.71. The maximum Gasteiger partial charge on any atom is 0.308 e. The molecule has 42 heavy (non-hydrogen) atoms. The normalized spacial score (nSPS) is 12.2. The summed E-state index contributed by atoms with van der Waals surface area (Å²) in [5, 5.41) is 8.03. The van der Waals surface area contributed by atoms with E-state index in [9.17, 15) is 17.2 Å². The molecule has 0 amide bonds. The van der Waals surface area contributed by atoms with E-state index in [2.05, 4.69) is 24.9 Å². The molecule has 3 heterocycles. The Morgan fingerprint density at radius 1 is 1.14 bits per heavy atom. The van der Waals surface area contributed by atoms with Gasteiger partial charge in [-0.1, -0.05) is 43.6 Å². The molecule has 13 heteroatoms. The van der Waals surface area contributed by atoms with Crippen LogP contribution in [0.2, 0.25) is 0 Å². The van der Waals surface area contributed by atoms with Crippen LogP contribution in [0, 0.1) is 13.8 Å². The van der Waals surface area contributed by atoms with E-state index < -0.39 is 21.8 Å². The van der Waals surface area contributed by atoms with Gasteiger partial charge >= 0.3 is 5.92 Å². The highest BCUT2D eigenvalue weighted by atomic mass is 32.2. The second kappa shape index (κ2) is 13.1. The third kappa shape index (κ3) is 6.84. The van der Waals surface area contributed by atoms with Crippen molar-refractivity contribution in [3.63, 3.8) is 0 Å². The second-order valence-electron chi connectivity index (χ2n) is 10.2. The first kappa shape index (κ1) is 31.2. The summed E-state index contributed by atoms with van der Waals surface area (Å²) in [4.78, 5) is 8.57. The van der Waals surface area contributed by atoms with Crippen LogP contribution in [-0.4, -0.2) is 40.4 Å². The summed E-state index contributed by atoms with van der Waals surface area (Å²) in [6, 6.07) is 8.39. The SMILES string of the molecule is CCCCc1nc(C(F)(F)CCC)nn1Cc1ccc(-c2ncccc2S(=O)(=O)Nc2onc(C)c2C)c(COC)c1. The van der Waals surface area contributed by atoms with Crippen molar-refractivity contribution in [3.8, 4) is 11.3 Å². The van der Waals surface area contributed by atoms with Gasteiger partial charge in [-0.2, -0.15) is 8.78 Å². The monoisotopic (exact) mass is 602 g/mol. The molecule has 0 fully saturated rings. The van der Waals surface area contributed by atoms with Crippen LogP contribution >= 0.6 is 0 Å². The first-order valence-electron chi connectivity index (χ1n) is 13.8. The number of anilines is 1. The second-order valence-corrected chi connectivity index (χ2v) is 11.8. The molecule has 0 unspecified atom stereocenters. The van der Waals surface area contributed by atoms with Crippen molar-refractivity contribution in [2.24, 2.45) is 0 Å². The minimum absolute atomic E-state index is 0.0327. The minimum Gasteiger partial charge on any atom is -0.380 e. The number of aromatic nitrogens is 5. The van der Waals surface area contributed by atoms with Crippen LogP contribution in [0.4, 0.5) is 14.7 Å². The lowest BCUT2D eigenvalue weighted by Gasteiger charge is -2.15. The molecule has 0 saturated carbocycles. The van der Waals surface area contributed by atoms with Crippen molar-refractivity contribution in [2.75, 3.05) is 11.8 Å². The van der Waals surface area contributed by atoms with E-state index in [0.29, 0.717) is 41.1 Å². The van der Waals surface area contributed by atoms with E-state index in [1.54, 1.807) is 32.9 Å². The molecular weight excluding hydrogens is 566 g/mol. The van der Waals surface area contributed by atoms with Crippen LogP contribution in [0.15, 0.2) is 45.9 Å². The van der Waals surface area contributed by atoms with E-state index in [4.69, 9.17) is 9.26 Å². The zero-order valence-corrected chi connectivity index (χ0v) is 25.3. The molecule has 0 aliphatic heterocycles. The van der Waals surface area contributed by atoms with Crippen LogP contribution < -0.4 is 4.72 Å². The van der Waals surface area contributed by atoms with E-state index in [0.717, 1.165) is 18.4 Å². The topological polar surface area (TPSA) is 125 Å². The van der Waals surface area contributed by atoms with E-state index in [1.165, 1.54) is 30.1 Å². The number of nitrogens with one attached hydrogen (secondary N) is 1. The molecule has 4 rings (SSSR count). The smallest absolute Gasteiger partial charge is 0.308 e. The maximum absolute atomic E-state index is 14.7. The summed E-state index contributed by atoms with van der Waals surface area (Å²) in [6.07, 6.45) is 3.71. The predicted octanol–water partition coefficient (Wildman–Crippen LogP) is 6.17. The fourth-order valence-corrected chi connectivity index (χ4v) is 5.74. The zero-order chi connectivity index (χ0) is 30.5. The number of hydrogen-bond donors (Lipinski definition) is 1. The molecule has 0 aliphatic carbocycles. The van der Waals surface area contributed by atoms with E-state index in [1.807, 2.05) is 13.0 Å². The molecule has 3 aromatic heterocycles. The van der Waals surface area contributed by atoms with Gasteiger partial charge in [-0.15, -0.1) is 5.10 Å². The van der Waals surface area contributed by atoms with Gasteiger partial charge in [0.05, 0.1) is 24.5 Å². The molecule has 10 nitrogen and oxygen atoms in total. The number of aryl methyl sites for hydroxylation is 2. The molecule has 0 spiro atoms. The molecule has 0 radical (unpaired) electrons. The Bertz CT molecular complexity index is 1630. The van der Waals surface area contributed by atoms with Gasteiger partial charge in [0.15, 0.2) is 0 Å². The van der Waals surface area contributed by atoms with E-state index in [-0.39, 0.29) is 36.0 Å². The third-order valence-electron chi connectivity index (χ3n) is 6.89. The lowest BCUT2D eigenvalue weighted by Crippen LogP contribution is -2.16. The van der Waals surface area contributed by atoms with Crippen molar-refractivity contribution in [3.05, 3.63) is 70.6 Å². The summed E-state index contributed by atoms with van der Waals surface area (Å²) in [6.45, 7) is 7.52. The van der Waals surface area contributed by atoms with Crippen molar-refractivity contribution in [2.45, 2.75) is 83.8 Å². The average Bonchev–Trinajstić information content (AvgIpc) is 3.50. The lowest BCUT2D eigenvalue weighted by atomic mass is 10.0. The minimum atomic E-state index is -4.10. The summed E-state index contributed by atoms with van der Waals surface area (Å²) >= 11 is 0. The number of rotatable bonds is 14. The lowest BCUT2D eigenvalue weighted by molar-refractivity contribution is -0.0232. The van der Waals surface area contributed by atoms with Crippen LogP contribution in [0.5, 0.6) is 0 Å². The first-order valence-corrected chi connectivity index (χ1v) is 15.3. The Morgan fingerprint density at radius 3 is 2.60 bits per heavy atom. The van der Waals surface area contributed by atoms with Gasteiger partial charge in [-0.25, -0.2) is 22.8 Å². The Labute approximate surface area is 244 Å². The van der Waals surface area contributed by atoms with Gasteiger partial charge in [-0.3, -0.25) is 4.98 Å². The number of nitrogens with zero attached hydrogens (tertiary/aromatic N) is 5. The summed E-state index contributed by atoms with van der Waals surface area (Å²) in [5.74, 6) is -3.03. The Morgan fingerprint density at radius 2 is 1.93 bits per heavy atom. The third-order valence-corrected chi connectivity index (χ3v) is 8.26. The highest BCUT2D eigenvalue weighted by Gasteiger charge is 2.36. The highest BCUT2D eigenvalue weighted by Crippen LogP contribution is 2.33. The quantitative estimate of drug-likeness (QED) is 0.182. The van der Waals surface area contributed by atoms with Gasteiger partial charge in [0, 0.05) is 37.3 Å². The van der Waals surface area contributed by atoms with Crippen LogP contribution in [0.1, 0.15) is 73.6 Å². The van der Waals surface area contributed by atoms with Gasteiger partial charge in [-0.05, 0) is 49.9 Å². The molecule has 0 aliphatic rings.